The molecule has 0 radical (unpaired) electrons. The van der Waals surface area contributed by atoms with Crippen molar-refractivity contribution in [3.63, 3.8) is 0 Å². The number of aromatic nitrogens is 4. The zero-order valence-corrected chi connectivity index (χ0v) is 35.4. The van der Waals surface area contributed by atoms with E-state index in [0.717, 1.165) is 45.6 Å². The minimum absolute atomic E-state index is 0.0548. The molecule has 0 fully saturated rings. The Morgan fingerprint density at radius 1 is 0.459 bits per heavy atom. The van der Waals surface area contributed by atoms with Crippen LogP contribution in [0.1, 0.15) is 51.7 Å². The maximum atomic E-state index is 5.59. The highest BCUT2D eigenvalue weighted by molar-refractivity contribution is 7.25. The molecule has 0 spiro atoms. The zero-order chi connectivity index (χ0) is 40.8. The summed E-state index contributed by atoms with van der Waals surface area (Å²) in [6, 6.07) is 58.0. The molecule has 4 nitrogen and oxygen atoms in total. The smallest absolute Gasteiger partial charge is 0.165 e. The van der Waals surface area contributed by atoms with Crippen LogP contribution in [0.5, 0.6) is 0 Å². The zero-order valence-electron chi connectivity index (χ0n) is 34.6. The van der Waals surface area contributed by atoms with Gasteiger partial charge in [0.25, 0.3) is 0 Å². The van der Waals surface area contributed by atoms with Crippen LogP contribution < -0.4 is 0 Å². The number of hydrogen-bond acceptors (Lipinski definition) is 3. The average Bonchev–Trinajstić information content (AvgIpc) is 3.94. The molecule has 0 atom stereocenters. The Labute approximate surface area is 357 Å². The van der Waals surface area contributed by atoms with E-state index in [1.807, 2.05) is 11.3 Å². The molecule has 4 heterocycles. The highest BCUT2D eigenvalue weighted by Crippen LogP contribution is 2.51. The summed E-state index contributed by atoms with van der Waals surface area (Å²) in [5, 5.41) is 10.0. The van der Waals surface area contributed by atoms with Crippen LogP contribution in [0.15, 0.2) is 158 Å². The standard InChI is InChI=1S/C56H42N4S/c1-55(2)28-29-56(3,4)41-32-47-39(31-40(41)55)51-44(59(47)35-15-6-5-7-16-35)25-26-46-52(51)50-36-17-9-8-14-33(36)22-24-45(50)60(46)54-53(57-42-19-11-12-20-43(42)58-54)34-23-27-49-38(30-34)37-18-10-13-21-48(37)61-49/h5-27,30-32H,28-29H2,1-4H3. The van der Waals surface area contributed by atoms with Gasteiger partial charge in [0.2, 0.25) is 0 Å². The molecular formula is C56H42N4S. The van der Waals surface area contributed by atoms with E-state index in [2.05, 4.69) is 195 Å². The van der Waals surface area contributed by atoms with Gasteiger partial charge >= 0.3 is 0 Å². The van der Waals surface area contributed by atoms with Crippen LogP contribution in [-0.4, -0.2) is 19.1 Å². The molecule has 1 aliphatic rings. The van der Waals surface area contributed by atoms with Gasteiger partial charge in [0.05, 0.1) is 33.1 Å². The summed E-state index contributed by atoms with van der Waals surface area (Å²) in [4.78, 5) is 11.1. The van der Waals surface area contributed by atoms with Crippen LogP contribution >= 0.6 is 11.3 Å². The van der Waals surface area contributed by atoms with Crippen molar-refractivity contribution in [2.24, 2.45) is 0 Å². The van der Waals surface area contributed by atoms with Gasteiger partial charge in [-0.15, -0.1) is 11.3 Å². The van der Waals surface area contributed by atoms with Crippen LogP contribution in [0.3, 0.4) is 0 Å². The van der Waals surface area contributed by atoms with E-state index in [9.17, 15) is 0 Å². The number of para-hydroxylation sites is 3. The summed E-state index contributed by atoms with van der Waals surface area (Å²) in [5.74, 6) is 0.833. The molecule has 292 valence electrons. The molecule has 0 unspecified atom stereocenters. The van der Waals surface area contributed by atoms with Gasteiger partial charge in [-0.25, -0.2) is 9.97 Å². The van der Waals surface area contributed by atoms with Crippen molar-refractivity contribution >= 4 is 96.9 Å². The second kappa shape index (κ2) is 12.4. The molecule has 13 rings (SSSR count). The lowest BCUT2D eigenvalue weighted by Crippen LogP contribution is -2.33. The predicted octanol–water partition coefficient (Wildman–Crippen LogP) is 15.4. The summed E-state index contributed by atoms with van der Waals surface area (Å²) < 4.78 is 7.49. The molecule has 0 saturated heterocycles. The van der Waals surface area contributed by atoms with Crippen LogP contribution in [0, 0.1) is 0 Å². The maximum absolute atomic E-state index is 5.59. The number of nitrogens with zero attached hydrogens (tertiary/aromatic N) is 4. The summed E-state index contributed by atoms with van der Waals surface area (Å²) >= 11 is 1.84. The maximum Gasteiger partial charge on any atom is 0.165 e. The van der Waals surface area contributed by atoms with Crippen molar-refractivity contribution in [3.8, 4) is 22.8 Å². The van der Waals surface area contributed by atoms with Gasteiger partial charge in [-0.05, 0) is 118 Å². The quantitative estimate of drug-likeness (QED) is 0.178. The summed E-state index contributed by atoms with van der Waals surface area (Å²) in [5.41, 5.74) is 12.6. The molecule has 0 amide bonds. The summed E-state index contributed by atoms with van der Waals surface area (Å²) in [6.45, 7) is 9.74. The van der Waals surface area contributed by atoms with Crippen molar-refractivity contribution in [3.05, 3.63) is 169 Å². The van der Waals surface area contributed by atoms with Gasteiger partial charge < -0.3 is 4.57 Å². The van der Waals surface area contributed by atoms with E-state index in [1.54, 1.807) is 0 Å². The molecule has 8 aromatic carbocycles. The average molecular weight is 803 g/mol. The van der Waals surface area contributed by atoms with Crippen molar-refractivity contribution in [1.82, 2.24) is 19.1 Å². The minimum Gasteiger partial charge on any atom is -0.309 e. The van der Waals surface area contributed by atoms with E-state index < -0.39 is 0 Å². The largest absolute Gasteiger partial charge is 0.309 e. The van der Waals surface area contributed by atoms with E-state index in [1.165, 1.54) is 86.8 Å². The van der Waals surface area contributed by atoms with Crippen LogP contribution in [0.4, 0.5) is 0 Å². The first-order chi connectivity index (χ1) is 29.7. The van der Waals surface area contributed by atoms with E-state index in [4.69, 9.17) is 9.97 Å². The summed E-state index contributed by atoms with van der Waals surface area (Å²) in [7, 11) is 0. The fourth-order valence-corrected chi connectivity index (χ4v) is 11.8. The Hall–Kier alpha value is -6.82. The first-order valence-corrected chi connectivity index (χ1v) is 22.3. The molecule has 12 aromatic rings. The lowest BCUT2D eigenvalue weighted by Gasteiger charge is -2.42. The van der Waals surface area contributed by atoms with Crippen LogP contribution in [0.2, 0.25) is 0 Å². The Morgan fingerprint density at radius 2 is 1.07 bits per heavy atom. The molecule has 0 N–H and O–H groups in total. The second-order valence-electron chi connectivity index (χ2n) is 18.4. The van der Waals surface area contributed by atoms with Crippen LogP contribution in [-0.2, 0) is 10.8 Å². The fraction of sp³-hybridized carbons (Fsp3) is 0.143. The SMILES string of the molecule is CC1(C)CCC(C)(C)c2cc3c(cc21)c1c2c4c5ccccc5ccc4n(-c4nc5ccccc5nc4-c4ccc5sc6ccccc6c5c4)c2ccc1n3-c1ccccc1. The molecule has 61 heavy (non-hydrogen) atoms. The van der Waals surface area contributed by atoms with Crippen molar-refractivity contribution < 1.29 is 0 Å². The monoisotopic (exact) mass is 802 g/mol. The van der Waals surface area contributed by atoms with E-state index >= 15 is 0 Å². The lowest BCUT2D eigenvalue weighted by atomic mass is 9.63. The third-order valence-electron chi connectivity index (χ3n) is 13.9. The molecule has 0 saturated carbocycles. The third-order valence-corrected chi connectivity index (χ3v) is 15.1. The Bertz CT molecular complexity index is 3820. The predicted molar refractivity (Wildman–Crippen MR) is 259 cm³/mol. The molecule has 5 heteroatoms. The van der Waals surface area contributed by atoms with Crippen molar-refractivity contribution in [1.29, 1.82) is 0 Å². The highest BCUT2D eigenvalue weighted by atomic mass is 32.1. The van der Waals surface area contributed by atoms with Crippen LogP contribution in [0.25, 0.3) is 108 Å². The topological polar surface area (TPSA) is 35.6 Å². The van der Waals surface area contributed by atoms with Gasteiger partial charge in [-0.1, -0.05) is 113 Å². The number of benzene rings is 8. The first-order valence-electron chi connectivity index (χ1n) is 21.5. The fourth-order valence-electron chi connectivity index (χ4n) is 10.7. The molecule has 0 bridgehead atoms. The van der Waals surface area contributed by atoms with Gasteiger partial charge in [0, 0.05) is 53.0 Å². The van der Waals surface area contributed by atoms with Crippen molar-refractivity contribution in [2.45, 2.75) is 51.4 Å². The van der Waals surface area contributed by atoms with Gasteiger partial charge in [0.15, 0.2) is 5.82 Å². The minimum atomic E-state index is 0.0548. The van der Waals surface area contributed by atoms with E-state index in [0.29, 0.717) is 0 Å². The second-order valence-corrected chi connectivity index (χ2v) is 19.5. The number of thiophene rings is 1. The Morgan fingerprint density at radius 3 is 1.87 bits per heavy atom. The Kier molecular flexibility index (Phi) is 7.10. The number of hydrogen-bond donors (Lipinski definition) is 0. The molecular weight excluding hydrogens is 761 g/mol. The molecule has 4 aromatic heterocycles. The lowest BCUT2D eigenvalue weighted by molar-refractivity contribution is 0.332. The highest BCUT2D eigenvalue weighted by Gasteiger charge is 2.38. The number of rotatable bonds is 3. The number of fused-ring (bicyclic) bond motifs is 14. The Balaban J connectivity index is 1.22. The first kappa shape index (κ1) is 35.0. The van der Waals surface area contributed by atoms with Crippen molar-refractivity contribution in [2.75, 3.05) is 0 Å². The van der Waals surface area contributed by atoms with Gasteiger partial charge in [-0.3, -0.25) is 4.57 Å². The van der Waals surface area contributed by atoms with Gasteiger partial charge in [-0.2, -0.15) is 0 Å². The summed E-state index contributed by atoms with van der Waals surface area (Å²) in [6.07, 6.45) is 2.32. The molecule has 1 aliphatic carbocycles. The normalized spacial score (nSPS) is 15.0. The molecule has 0 aliphatic heterocycles. The third kappa shape index (κ3) is 4.92. The van der Waals surface area contributed by atoms with E-state index in [-0.39, 0.29) is 10.8 Å². The van der Waals surface area contributed by atoms with Gasteiger partial charge in [0.1, 0.15) is 5.69 Å².